The molecule has 1 atom stereocenters. The number of nitrogens with one attached hydrogen (secondary N) is 4. The van der Waals surface area contributed by atoms with Gasteiger partial charge in [-0.25, -0.2) is 14.4 Å². The number of aliphatic imine (C=N–C) groups is 1. The molecule has 0 unspecified atom stereocenters. The normalized spacial score (nSPS) is 10.8. The number of hydrogen-bond acceptors (Lipinski definition) is 9. The Bertz CT molecular complexity index is 1630. The summed E-state index contributed by atoms with van der Waals surface area (Å²) in [6, 6.07) is 33.0. The third-order valence-electron chi connectivity index (χ3n) is 6.97. The van der Waals surface area contributed by atoms with Crippen molar-refractivity contribution in [2.45, 2.75) is 38.7 Å². The molecule has 50 heavy (non-hydrogen) atoms. The zero-order valence-electron chi connectivity index (χ0n) is 27.5. The van der Waals surface area contributed by atoms with E-state index >= 15 is 0 Å². The van der Waals surface area contributed by atoms with E-state index < -0.39 is 30.2 Å². The number of alkyl carbamates (subject to hydrolysis) is 3. The van der Waals surface area contributed by atoms with Crippen molar-refractivity contribution in [3.63, 3.8) is 0 Å². The van der Waals surface area contributed by atoms with Gasteiger partial charge in [0, 0.05) is 12.2 Å². The molecule has 0 radical (unpaired) electrons. The molecule has 0 saturated carbocycles. The van der Waals surface area contributed by atoms with E-state index in [-0.39, 0.29) is 45.2 Å². The molecular formula is C37H39N5O8. The third-order valence-corrected chi connectivity index (χ3v) is 6.97. The fourth-order valence-corrected chi connectivity index (χ4v) is 4.39. The second kappa shape index (κ2) is 20.1. The Balaban J connectivity index is 1.38. The highest BCUT2D eigenvalue weighted by molar-refractivity contribution is 6.01. The SMILES string of the molecule is COc1ccc(NC(=O)[C@@H](CCCN=C(NC(=O)OCc2ccccc2)NC(=O)OCc2ccccc2)NC(=O)OCc2ccccc2)cc1. The van der Waals surface area contributed by atoms with Crippen LogP contribution in [0.3, 0.4) is 0 Å². The zero-order chi connectivity index (χ0) is 35.4. The molecule has 0 spiro atoms. The summed E-state index contributed by atoms with van der Waals surface area (Å²) in [4.78, 5) is 55.5. The lowest BCUT2D eigenvalue weighted by molar-refractivity contribution is -0.118. The number of ether oxygens (including phenoxy) is 4. The van der Waals surface area contributed by atoms with Crippen LogP contribution < -0.4 is 26.0 Å². The lowest BCUT2D eigenvalue weighted by Crippen LogP contribution is -2.45. The fourth-order valence-electron chi connectivity index (χ4n) is 4.39. The van der Waals surface area contributed by atoms with E-state index in [0.717, 1.165) is 16.7 Å². The number of hydrogen-bond donors (Lipinski definition) is 4. The molecule has 0 bridgehead atoms. The average Bonchev–Trinajstić information content (AvgIpc) is 3.15. The fraction of sp³-hybridized carbons (Fsp3) is 0.216. The Labute approximate surface area is 290 Å². The van der Waals surface area contributed by atoms with Crippen LogP contribution in [0.2, 0.25) is 0 Å². The minimum absolute atomic E-state index is 0.00453. The van der Waals surface area contributed by atoms with E-state index in [0.29, 0.717) is 11.4 Å². The van der Waals surface area contributed by atoms with Crippen LogP contribution in [0.25, 0.3) is 0 Å². The van der Waals surface area contributed by atoms with Crippen LogP contribution in [0.5, 0.6) is 5.75 Å². The summed E-state index contributed by atoms with van der Waals surface area (Å²) >= 11 is 0. The largest absolute Gasteiger partial charge is 0.497 e. The standard InChI is InChI=1S/C37H39N5O8/c1-47-31-21-19-30(20-22-31)39-33(43)32(40-35(44)48-24-27-12-5-2-6-13-27)18-11-23-38-34(41-36(45)49-25-28-14-7-3-8-15-28)42-37(46)50-26-29-16-9-4-10-17-29/h2-10,12-17,19-22,32H,11,18,23-26H2,1H3,(H,39,43)(H,40,44)(H2,38,41,42,45,46)/t32-/m1/s1. The first kappa shape index (κ1) is 36.5. The maximum Gasteiger partial charge on any atom is 0.414 e. The van der Waals surface area contributed by atoms with Crippen LogP contribution in [0.4, 0.5) is 20.1 Å². The summed E-state index contributed by atoms with van der Waals surface area (Å²) < 4.78 is 21.0. The molecule has 13 nitrogen and oxygen atoms in total. The van der Waals surface area contributed by atoms with E-state index in [2.05, 4.69) is 26.3 Å². The highest BCUT2D eigenvalue weighted by atomic mass is 16.6. The number of anilines is 1. The minimum atomic E-state index is -1.01. The maximum absolute atomic E-state index is 13.3. The van der Waals surface area contributed by atoms with Gasteiger partial charge in [-0.2, -0.15) is 0 Å². The minimum Gasteiger partial charge on any atom is -0.497 e. The van der Waals surface area contributed by atoms with Gasteiger partial charge in [-0.15, -0.1) is 0 Å². The third kappa shape index (κ3) is 13.4. The molecule has 4 N–H and O–H groups in total. The molecule has 4 aromatic rings. The maximum atomic E-state index is 13.3. The van der Waals surface area contributed by atoms with Crippen LogP contribution in [-0.2, 0) is 38.8 Å². The monoisotopic (exact) mass is 681 g/mol. The molecule has 0 aliphatic heterocycles. The molecule has 0 aromatic heterocycles. The summed E-state index contributed by atoms with van der Waals surface area (Å²) in [7, 11) is 1.54. The second-order valence-corrected chi connectivity index (χ2v) is 10.7. The van der Waals surface area contributed by atoms with Crippen LogP contribution in [-0.4, -0.2) is 49.8 Å². The van der Waals surface area contributed by atoms with E-state index in [1.54, 1.807) is 48.5 Å². The van der Waals surface area contributed by atoms with Gasteiger partial charge >= 0.3 is 18.3 Å². The van der Waals surface area contributed by atoms with Gasteiger partial charge in [0.1, 0.15) is 31.6 Å². The number of amides is 4. The smallest absolute Gasteiger partial charge is 0.414 e. The van der Waals surface area contributed by atoms with Gasteiger partial charge in [-0.1, -0.05) is 91.0 Å². The van der Waals surface area contributed by atoms with Gasteiger partial charge in [-0.05, 0) is 53.8 Å². The van der Waals surface area contributed by atoms with Crippen molar-refractivity contribution in [3.8, 4) is 5.75 Å². The van der Waals surface area contributed by atoms with E-state index in [1.807, 2.05) is 66.7 Å². The van der Waals surface area contributed by atoms with Gasteiger partial charge < -0.3 is 29.6 Å². The summed E-state index contributed by atoms with van der Waals surface area (Å²) in [5.41, 5.74) is 2.82. The molecule has 0 saturated heterocycles. The predicted octanol–water partition coefficient (Wildman–Crippen LogP) is 5.92. The molecule has 0 aliphatic rings. The van der Waals surface area contributed by atoms with Crippen LogP contribution in [0.1, 0.15) is 29.5 Å². The number of methoxy groups -OCH3 is 1. The number of carbonyl (C=O) groups is 4. The van der Waals surface area contributed by atoms with Crippen molar-refractivity contribution in [1.29, 1.82) is 0 Å². The Morgan fingerprint density at radius 2 is 1.08 bits per heavy atom. The molecular weight excluding hydrogens is 642 g/mol. The quantitative estimate of drug-likeness (QED) is 0.0551. The first-order valence-electron chi connectivity index (χ1n) is 15.8. The van der Waals surface area contributed by atoms with E-state index in [9.17, 15) is 19.2 Å². The second-order valence-electron chi connectivity index (χ2n) is 10.7. The van der Waals surface area contributed by atoms with Crippen LogP contribution in [0, 0.1) is 0 Å². The number of guanidine groups is 1. The molecule has 0 heterocycles. The number of nitrogens with zero attached hydrogens (tertiary/aromatic N) is 1. The molecule has 4 amide bonds. The topological polar surface area (TPSA) is 166 Å². The summed E-state index contributed by atoms with van der Waals surface area (Å²) in [5, 5.41) is 10.3. The Morgan fingerprint density at radius 3 is 1.54 bits per heavy atom. The molecule has 4 aromatic carbocycles. The summed E-state index contributed by atoms with van der Waals surface area (Å²) in [6.45, 7) is 0.0520. The van der Waals surface area contributed by atoms with Crippen molar-refractivity contribution in [2.24, 2.45) is 4.99 Å². The van der Waals surface area contributed by atoms with Gasteiger partial charge in [-0.3, -0.25) is 20.4 Å². The molecule has 0 fully saturated rings. The Morgan fingerprint density at radius 1 is 0.620 bits per heavy atom. The van der Waals surface area contributed by atoms with Crippen LogP contribution in [0.15, 0.2) is 120 Å². The van der Waals surface area contributed by atoms with Gasteiger partial charge in [0.25, 0.3) is 0 Å². The molecule has 4 rings (SSSR count). The average molecular weight is 682 g/mol. The van der Waals surface area contributed by atoms with Gasteiger partial charge in [0.15, 0.2) is 0 Å². The first-order chi connectivity index (χ1) is 24.4. The van der Waals surface area contributed by atoms with Gasteiger partial charge in [0.05, 0.1) is 7.11 Å². The van der Waals surface area contributed by atoms with E-state index in [1.165, 1.54) is 7.11 Å². The van der Waals surface area contributed by atoms with Gasteiger partial charge in [0.2, 0.25) is 11.9 Å². The lowest BCUT2D eigenvalue weighted by atomic mass is 10.1. The van der Waals surface area contributed by atoms with Crippen molar-refractivity contribution in [1.82, 2.24) is 16.0 Å². The van der Waals surface area contributed by atoms with E-state index in [4.69, 9.17) is 18.9 Å². The van der Waals surface area contributed by atoms with Crippen LogP contribution >= 0.6 is 0 Å². The highest BCUT2D eigenvalue weighted by Crippen LogP contribution is 2.16. The Kier molecular flexibility index (Phi) is 14.7. The van der Waals surface area contributed by atoms with Crippen molar-refractivity contribution in [3.05, 3.63) is 132 Å². The molecule has 260 valence electrons. The molecule has 13 heteroatoms. The lowest BCUT2D eigenvalue weighted by Gasteiger charge is -2.18. The Hall–Kier alpha value is -6.37. The van der Waals surface area contributed by atoms with Crippen molar-refractivity contribution >= 4 is 35.8 Å². The number of rotatable bonds is 14. The highest BCUT2D eigenvalue weighted by Gasteiger charge is 2.22. The number of carbonyl (C=O) groups excluding carboxylic acids is 4. The van der Waals surface area contributed by atoms with Crippen molar-refractivity contribution in [2.75, 3.05) is 19.0 Å². The summed E-state index contributed by atoms with van der Waals surface area (Å²) in [6.07, 6.45) is -2.09. The predicted molar refractivity (Wildman–Crippen MR) is 186 cm³/mol. The molecule has 0 aliphatic carbocycles. The first-order valence-corrected chi connectivity index (χ1v) is 15.8. The van der Waals surface area contributed by atoms with Crippen molar-refractivity contribution < 1.29 is 38.1 Å². The summed E-state index contributed by atoms with van der Waals surface area (Å²) in [5.74, 6) is -0.0807. The zero-order valence-corrected chi connectivity index (χ0v) is 27.5. The number of benzene rings is 4.